The van der Waals surface area contributed by atoms with Crippen molar-refractivity contribution in [3.63, 3.8) is 0 Å². The quantitative estimate of drug-likeness (QED) is 0.270. The zero-order valence-corrected chi connectivity index (χ0v) is 24.6. The van der Waals surface area contributed by atoms with Crippen LogP contribution in [0.25, 0.3) is 0 Å². The van der Waals surface area contributed by atoms with E-state index >= 15 is 0 Å². The number of nitriles is 1. The molecule has 0 aromatic heterocycles. The minimum atomic E-state index is -4.77. The highest BCUT2D eigenvalue weighted by Gasteiger charge is 2.42. The van der Waals surface area contributed by atoms with Crippen molar-refractivity contribution >= 4 is 41.4 Å². The number of nitrogens with zero attached hydrogens (tertiary/aromatic N) is 2. The molecule has 228 valence electrons. The fraction of sp³-hybridized carbons (Fsp3) is 0.400. The molecule has 1 heterocycles. The Balaban J connectivity index is 1.99. The van der Waals surface area contributed by atoms with Gasteiger partial charge in [-0.2, -0.15) is 14.0 Å². The van der Waals surface area contributed by atoms with E-state index in [1.165, 1.54) is 54.6 Å². The van der Waals surface area contributed by atoms with Gasteiger partial charge in [0.05, 0.1) is 28.2 Å². The third-order valence-corrected chi connectivity index (χ3v) is 11.2. The molecule has 0 aliphatic carbocycles. The number of amides is 1. The van der Waals surface area contributed by atoms with Gasteiger partial charge in [-0.3, -0.25) is 19.2 Å². The summed E-state index contributed by atoms with van der Waals surface area (Å²) in [6.07, 6.45) is -0.580. The van der Waals surface area contributed by atoms with Crippen molar-refractivity contribution in [3.05, 3.63) is 66.2 Å². The highest BCUT2D eigenvalue weighted by molar-refractivity contribution is 7.91. The van der Waals surface area contributed by atoms with Gasteiger partial charge in [-0.05, 0) is 37.5 Å². The smallest absolute Gasteiger partial charge is 0.336 e. The van der Waals surface area contributed by atoms with E-state index in [2.05, 4.69) is 19.8 Å². The van der Waals surface area contributed by atoms with Crippen LogP contribution in [0.15, 0.2) is 70.6 Å². The van der Waals surface area contributed by atoms with Crippen LogP contribution in [0, 0.1) is 11.3 Å². The third kappa shape index (κ3) is 8.77. The predicted octanol–water partition coefficient (Wildman–Crippen LogP) is 1.69. The number of hydrogen-bond donors (Lipinski definition) is 2. The molecule has 1 amide bonds. The van der Waals surface area contributed by atoms with E-state index in [4.69, 9.17) is 0 Å². The van der Waals surface area contributed by atoms with E-state index < -0.39 is 82.3 Å². The molecule has 1 saturated heterocycles. The van der Waals surface area contributed by atoms with E-state index in [-0.39, 0.29) is 23.3 Å². The van der Waals surface area contributed by atoms with Gasteiger partial charge < -0.3 is 5.32 Å². The number of carbonyl (C=O) groups is 1. The molecule has 12 nitrogen and oxygen atoms in total. The average molecular weight is 647 g/mol. The number of sulfone groups is 2. The molecule has 2 aromatic rings. The van der Waals surface area contributed by atoms with Crippen LogP contribution >= 0.6 is 0 Å². The minimum Gasteiger partial charge on any atom is -0.336 e. The van der Waals surface area contributed by atoms with Crippen molar-refractivity contribution in [2.75, 3.05) is 17.3 Å². The second-order valence-electron chi connectivity index (χ2n) is 9.45. The second kappa shape index (κ2) is 13.2. The van der Waals surface area contributed by atoms with E-state index in [9.17, 15) is 44.1 Å². The van der Waals surface area contributed by atoms with Gasteiger partial charge in [-0.25, -0.2) is 25.3 Å². The lowest BCUT2D eigenvalue weighted by atomic mass is 9.93. The first-order chi connectivity index (χ1) is 19.6. The SMILES string of the molecule is CC(=N[C@@H](CS(=O)(=O)C(OC(F)F)c1ccccc1)C(=O)NC1(C#N)CCS(=O)(=O)CC1)NS(=O)(=O)c1ccccc1. The van der Waals surface area contributed by atoms with Crippen LogP contribution in [0.3, 0.4) is 0 Å². The Hall–Kier alpha value is -3.46. The Labute approximate surface area is 242 Å². The number of alkyl halides is 2. The lowest BCUT2D eigenvalue weighted by molar-refractivity contribution is -0.142. The van der Waals surface area contributed by atoms with Gasteiger partial charge in [0.2, 0.25) is 5.91 Å². The van der Waals surface area contributed by atoms with E-state index in [1.807, 2.05) is 6.07 Å². The third-order valence-electron chi connectivity index (χ3n) is 6.26. The van der Waals surface area contributed by atoms with Crippen LogP contribution in [0.1, 0.15) is 30.8 Å². The van der Waals surface area contributed by atoms with Gasteiger partial charge in [0, 0.05) is 0 Å². The summed E-state index contributed by atoms with van der Waals surface area (Å²) >= 11 is 0. The van der Waals surface area contributed by atoms with Crippen LogP contribution < -0.4 is 10.0 Å². The number of hydrogen-bond acceptors (Lipinski definition) is 10. The normalized spacial score (nSPS) is 18.4. The van der Waals surface area contributed by atoms with Gasteiger partial charge in [-0.1, -0.05) is 48.5 Å². The molecule has 0 bridgehead atoms. The van der Waals surface area contributed by atoms with Crippen molar-refractivity contribution in [2.45, 2.75) is 48.3 Å². The molecule has 1 unspecified atom stereocenters. The number of nitrogens with one attached hydrogen (secondary N) is 2. The van der Waals surface area contributed by atoms with Crippen molar-refractivity contribution in [1.29, 1.82) is 5.26 Å². The summed E-state index contributed by atoms with van der Waals surface area (Å²) in [6.45, 7) is -2.36. The number of ether oxygens (including phenoxy) is 1. The van der Waals surface area contributed by atoms with Gasteiger partial charge in [0.1, 0.15) is 17.4 Å². The van der Waals surface area contributed by atoms with Crippen LogP contribution in [-0.4, -0.2) is 72.4 Å². The Bertz CT molecular complexity index is 1650. The Kier molecular flexibility index (Phi) is 10.4. The molecule has 1 aliphatic heterocycles. The standard InChI is InChI=1S/C25H28F2N4O8S3/c1-18(31-42(37,38)20-10-6-3-7-11-20)29-21(22(32)30-25(17-28)12-14-40(33,34)15-13-25)16-41(35,36)23(39-24(26)27)19-8-4-2-5-9-19/h2-11,21,23-24H,12-16H2,1H3,(H,29,31)(H,30,32)/t21-,23?/m0/s1. The monoisotopic (exact) mass is 646 g/mol. The molecule has 0 saturated carbocycles. The summed E-state index contributed by atoms with van der Waals surface area (Å²) in [5, 5.41) is 12.1. The lowest BCUT2D eigenvalue weighted by Gasteiger charge is -2.32. The fourth-order valence-corrected chi connectivity index (χ4v) is 8.40. The summed E-state index contributed by atoms with van der Waals surface area (Å²) in [5.74, 6) is -3.64. The lowest BCUT2D eigenvalue weighted by Crippen LogP contribution is -2.55. The molecule has 1 aliphatic rings. The van der Waals surface area contributed by atoms with E-state index in [1.54, 1.807) is 6.07 Å². The van der Waals surface area contributed by atoms with Crippen molar-refractivity contribution in [3.8, 4) is 6.07 Å². The Morgan fingerprint density at radius 1 is 1.05 bits per heavy atom. The molecular formula is C25H28F2N4O8S3. The highest BCUT2D eigenvalue weighted by atomic mass is 32.2. The number of benzene rings is 2. The molecule has 42 heavy (non-hydrogen) atoms. The number of carbonyl (C=O) groups excluding carboxylic acids is 1. The molecule has 0 radical (unpaired) electrons. The summed E-state index contributed by atoms with van der Waals surface area (Å²) in [6, 6.07) is 13.7. The van der Waals surface area contributed by atoms with Gasteiger partial charge in [0.25, 0.3) is 10.0 Å². The number of amidine groups is 1. The van der Waals surface area contributed by atoms with Crippen LogP contribution in [0.2, 0.25) is 0 Å². The first-order valence-electron chi connectivity index (χ1n) is 12.3. The number of sulfonamides is 1. The molecule has 3 rings (SSSR count). The fourth-order valence-electron chi connectivity index (χ4n) is 4.14. The molecular weight excluding hydrogens is 618 g/mol. The predicted molar refractivity (Wildman–Crippen MR) is 148 cm³/mol. The zero-order chi connectivity index (χ0) is 31.2. The summed E-state index contributed by atoms with van der Waals surface area (Å²) < 4.78 is 109. The van der Waals surface area contributed by atoms with Crippen LogP contribution in [-0.2, 0) is 39.2 Å². The van der Waals surface area contributed by atoms with Gasteiger partial charge >= 0.3 is 6.61 Å². The maximum Gasteiger partial charge on any atom is 0.346 e. The molecule has 2 atom stereocenters. The largest absolute Gasteiger partial charge is 0.346 e. The van der Waals surface area contributed by atoms with Crippen LogP contribution in [0.4, 0.5) is 8.78 Å². The minimum absolute atomic E-state index is 0.158. The zero-order valence-electron chi connectivity index (χ0n) is 22.2. The van der Waals surface area contributed by atoms with E-state index in [0.29, 0.717) is 0 Å². The van der Waals surface area contributed by atoms with Gasteiger partial charge in [-0.15, -0.1) is 0 Å². The maximum absolute atomic E-state index is 13.4. The first-order valence-corrected chi connectivity index (χ1v) is 17.4. The summed E-state index contributed by atoms with van der Waals surface area (Å²) in [7, 11) is -12.4. The number of halogens is 2. The Morgan fingerprint density at radius 3 is 2.12 bits per heavy atom. The maximum atomic E-state index is 13.4. The molecule has 0 spiro atoms. The van der Waals surface area contributed by atoms with Gasteiger partial charge in [0.15, 0.2) is 25.1 Å². The molecule has 2 N–H and O–H groups in total. The van der Waals surface area contributed by atoms with Crippen molar-refractivity contribution in [2.24, 2.45) is 4.99 Å². The second-order valence-corrected chi connectivity index (χ2v) is 15.5. The summed E-state index contributed by atoms with van der Waals surface area (Å²) in [5.41, 5.74) is -4.06. The molecule has 17 heteroatoms. The molecule has 2 aromatic carbocycles. The topological polar surface area (TPSA) is 189 Å². The number of aliphatic imine (C=N–C) groups is 1. The Morgan fingerprint density at radius 2 is 1.60 bits per heavy atom. The van der Waals surface area contributed by atoms with E-state index in [0.717, 1.165) is 6.92 Å². The number of rotatable bonds is 11. The van der Waals surface area contributed by atoms with Crippen LogP contribution in [0.5, 0.6) is 0 Å². The first kappa shape index (κ1) is 33.0. The summed E-state index contributed by atoms with van der Waals surface area (Å²) in [4.78, 5) is 17.2. The van der Waals surface area contributed by atoms with Crippen molar-refractivity contribution in [1.82, 2.24) is 10.0 Å². The highest BCUT2D eigenvalue weighted by Crippen LogP contribution is 2.29. The molecule has 1 fully saturated rings. The van der Waals surface area contributed by atoms with Crippen molar-refractivity contribution < 1.29 is 43.6 Å². The average Bonchev–Trinajstić information content (AvgIpc) is 2.93.